The van der Waals surface area contributed by atoms with Crippen LogP contribution in [0.4, 0.5) is 11.5 Å². The second-order valence-electron chi connectivity index (χ2n) is 7.52. The predicted octanol–water partition coefficient (Wildman–Crippen LogP) is 5.09. The Kier molecular flexibility index (Phi) is 4.75. The number of benzene rings is 3. The van der Waals surface area contributed by atoms with E-state index in [1.807, 2.05) is 30.3 Å². The Morgan fingerprint density at radius 2 is 1.81 bits per heavy atom. The number of methoxy groups -OCH3 is 1. The normalized spacial score (nSPS) is 13.1. The van der Waals surface area contributed by atoms with Crippen LogP contribution < -0.4 is 9.64 Å². The summed E-state index contributed by atoms with van der Waals surface area (Å²) >= 11 is 0. The van der Waals surface area contributed by atoms with Crippen molar-refractivity contribution in [3.05, 3.63) is 77.9 Å². The Bertz CT molecular complexity index is 1290. The molecule has 3 aromatic carbocycles. The predicted molar refractivity (Wildman–Crippen MR) is 120 cm³/mol. The maximum absolute atomic E-state index is 11.5. The molecule has 0 saturated heterocycles. The summed E-state index contributed by atoms with van der Waals surface area (Å²) in [5.74, 6) is 0.522. The summed E-state index contributed by atoms with van der Waals surface area (Å²) in [6.07, 6.45) is 2.03. The molecule has 2 heterocycles. The second kappa shape index (κ2) is 7.72. The van der Waals surface area contributed by atoms with Crippen LogP contribution in [0.15, 0.2) is 66.7 Å². The van der Waals surface area contributed by atoms with Crippen LogP contribution in [-0.4, -0.2) is 34.7 Å². The van der Waals surface area contributed by atoms with Gasteiger partial charge in [0.05, 0.1) is 23.7 Å². The lowest BCUT2D eigenvalue weighted by Crippen LogP contribution is -2.26. The summed E-state index contributed by atoms with van der Waals surface area (Å²) in [5.41, 5.74) is 5.50. The number of rotatable bonds is 4. The molecule has 1 N–H and O–H groups in total. The zero-order chi connectivity index (χ0) is 21.4. The molecule has 1 aliphatic rings. The van der Waals surface area contributed by atoms with Crippen molar-refractivity contribution >= 4 is 28.5 Å². The number of fused-ring (bicyclic) bond motifs is 2. The lowest BCUT2D eigenvalue weighted by Gasteiger charge is -2.31. The van der Waals surface area contributed by atoms with Crippen LogP contribution in [0, 0.1) is 0 Å². The molecule has 1 aromatic heterocycles. The van der Waals surface area contributed by atoms with Gasteiger partial charge in [-0.25, -0.2) is 14.8 Å². The molecule has 31 heavy (non-hydrogen) atoms. The van der Waals surface area contributed by atoms with Crippen molar-refractivity contribution in [3.8, 4) is 17.0 Å². The lowest BCUT2D eigenvalue weighted by molar-refractivity contribution is 0.0697. The molecular formula is C25H21N3O3. The number of anilines is 2. The van der Waals surface area contributed by atoms with Crippen molar-refractivity contribution in [2.45, 2.75) is 12.8 Å². The van der Waals surface area contributed by atoms with Gasteiger partial charge in [0.2, 0.25) is 0 Å². The van der Waals surface area contributed by atoms with E-state index >= 15 is 0 Å². The molecule has 5 rings (SSSR count). The van der Waals surface area contributed by atoms with Gasteiger partial charge in [-0.3, -0.25) is 0 Å². The zero-order valence-electron chi connectivity index (χ0n) is 17.1. The van der Waals surface area contributed by atoms with Crippen LogP contribution in [-0.2, 0) is 6.42 Å². The van der Waals surface area contributed by atoms with Crippen molar-refractivity contribution in [1.82, 2.24) is 9.97 Å². The van der Waals surface area contributed by atoms with Crippen LogP contribution in [0.5, 0.6) is 5.75 Å². The molecule has 0 radical (unpaired) electrons. The highest BCUT2D eigenvalue weighted by Crippen LogP contribution is 2.38. The first-order chi connectivity index (χ1) is 15.1. The van der Waals surface area contributed by atoms with Crippen LogP contribution in [0.25, 0.3) is 22.3 Å². The number of carbonyl (C=O) groups is 1. The molecule has 0 saturated carbocycles. The van der Waals surface area contributed by atoms with E-state index in [4.69, 9.17) is 14.7 Å². The summed E-state index contributed by atoms with van der Waals surface area (Å²) < 4.78 is 5.30. The first-order valence-corrected chi connectivity index (χ1v) is 10.2. The first kappa shape index (κ1) is 19.1. The molecule has 0 unspecified atom stereocenters. The van der Waals surface area contributed by atoms with E-state index in [0.29, 0.717) is 11.0 Å². The summed E-state index contributed by atoms with van der Waals surface area (Å²) in [4.78, 5) is 23.5. The van der Waals surface area contributed by atoms with Crippen molar-refractivity contribution in [1.29, 1.82) is 0 Å². The molecule has 0 amide bonds. The first-order valence-electron chi connectivity index (χ1n) is 10.2. The van der Waals surface area contributed by atoms with E-state index in [1.54, 1.807) is 25.3 Å². The number of carboxylic acid groups (broad SMARTS) is 1. The average Bonchev–Trinajstić information content (AvgIpc) is 2.82. The van der Waals surface area contributed by atoms with Crippen molar-refractivity contribution in [2.75, 3.05) is 18.6 Å². The van der Waals surface area contributed by atoms with E-state index < -0.39 is 5.97 Å². The van der Waals surface area contributed by atoms with E-state index in [2.05, 4.69) is 23.1 Å². The van der Waals surface area contributed by atoms with E-state index in [0.717, 1.165) is 47.9 Å². The minimum Gasteiger partial charge on any atom is -0.497 e. The van der Waals surface area contributed by atoms with Gasteiger partial charge in [-0.1, -0.05) is 18.2 Å². The fourth-order valence-electron chi connectivity index (χ4n) is 4.06. The monoisotopic (exact) mass is 411 g/mol. The largest absolute Gasteiger partial charge is 0.497 e. The van der Waals surface area contributed by atoms with Crippen LogP contribution in [0.3, 0.4) is 0 Å². The number of ether oxygens (including phenoxy) is 1. The number of aromatic nitrogens is 2. The molecule has 0 fully saturated rings. The summed E-state index contributed by atoms with van der Waals surface area (Å²) in [7, 11) is 1.64. The molecule has 0 aliphatic carbocycles. The fourth-order valence-corrected chi connectivity index (χ4v) is 4.06. The SMILES string of the molecule is COc1ccc(-c2nc3ccc(C(=O)O)cc3nc2N2CCCc3ccccc32)cc1. The maximum Gasteiger partial charge on any atom is 0.335 e. The summed E-state index contributed by atoms with van der Waals surface area (Å²) in [6, 6.07) is 20.9. The summed E-state index contributed by atoms with van der Waals surface area (Å²) in [6.45, 7) is 0.818. The molecule has 1 aliphatic heterocycles. The Hall–Kier alpha value is -3.93. The molecule has 0 bridgehead atoms. The van der Waals surface area contributed by atoms with Gasteiger partial charge >= 0.3 is 5.97 Å². The Labute approximate surface area is 179 Å². The zero-order valence-corrected chi connectivity index (χ0v) is 17.1. The van der Waals surface area contributed by atoms with Crippen LogP contribution in [0.2, 0.25) is 0 Å². The Morgan fingerprint density at radius 3 is 2.58 bits per heavy atom. The van der Waals surface area contributed by atoms with Gasteiger partial charge in [-0.05, 0) is 66.9 Å². The third-order valence-electron chi connectivity index (χ3n) is 5.62. The third-order valence-corrected chi connectivity index (χ3v) is 5.62. The van der Waals surface area contributed by atoms with Gasteiger partial charge < -0.3 is 14.7 Å². The molecule has 4 aromatic rings. The van der Waals surface area contributed by atoms with Gasteiger partial charge in [-0.2, -0.15) is 0 Å². The van der Waals surface area contributed by atoms with Crippen molar-refractivity contribution in [3.63, 3.8) is 0 Å². The quantitative estimate of drug-likeness (QED) is 0.504. The molecule has 0 atom stereocenters. The highest BCUT2D eigenvalue weighted by Gasteiger charge is 2.24. The Balaban J connectivity index is 1.74. The number of hydrogen-bond donors (Lipinski definition) is 1. The van der Waals surface area contributed by atoms with Crippen molar-refractivity contribution < 1.29 is 14.6 Å². The van der Waals surface area contributed by atoms with Crippen molar-refractivity contribution in [2.24, 2.45) is 0 Å². The fraction of sp³-hybridized carbons (Fsp3) is 0.160. The number of nitrogens with zero attached hydrogens (tertiary/aromatic N) is 3. The highest BCUT2D eigenvalue weighted by molar-refractivity contribution is 5.94. The third kappa shape index (κ3) is 3.46. The topological polar surface area (TPSA) is 75.5 Å². The molecule has 6 nitrogen and oxygen atoms in total. The number of carboxylic acids is 1. The van der Waals surface area contributed by atoms with E-state index in [9.17, 15) is 9.90 Å². The number of aryl methyl sites for hydroxylation is 1. The molecular weight excluding hydrogens is 390 g/mol. The van der Waals surface area contributed by atoms with Crippen LogP contribution in [0.1, 0.15) is 22.3 Å². The van der Waals surface area contributed by atoms with Gasteiger partial charge in [0, 0.05) is 17.8 Å². The van der Waals surface area contributed by atoms with Gasteiger partial charge in [0.15, 0.2) is 5.82 Å². The molecule has 0 spiro atoms. The number of aromatic carboxylic acids is 1. The minimum absolute atomic E-state index is 0.198. The lowest BCUT2D eigenvalue weighted by atomic mass is 10.0. The van der Waals surface area contributed by atoms with Gasteiger partial charge in [0.25, 0.3) is 0 Å². The average molecular weight is 411 g/mol. The van der Waals surface area contributed by atoms with Crippen LogP contribution >= 0.6 is 0 Å². The molecule has 154 valence electrons. The van der Waals surface area contributed by atoms with Gasteiger partial charge in [-0.15, -0.1) is 0 Å². The smallest absolute Gasteiger partial charge is 0.335 e. The van der Waals surface area contributed by atoms with E-state index in [1.165, 1.54) is 5.56 Å². The van der Waals surface area contributed by atoms with E-state index in [-0.39, 0.29) is 5.56 Å². The highest BCUT2D eigenvalue weighted by atomic mass is 16.5. The second-order valence-corrected chi connectivity index (χ2v) is 7.52. The number of hydrogen-bond acceptors (Lipinski definition) is 5. The number of para-hydroxylation sites is 1. The van der Waals surface area contributed by atoms with Gasteiger partial charge in [0.1, 0.15) is 11.4 Å². The standard InChI is InChI=1S/C25H21N3O3/c1-31-19-11-8-17(9-12-19)23-24(28-14-4-6-16-5-2-3-7-22(16)28)27-21-15-18(25(29)30)10-13-20(21)26-23/h2-3,5,7-13,15H,4,6,14H2,1H3,(H,29,30). The molecule has 6 heteroatoms. The maximum atomic E-state index is 11.5. The summed E-state index contributed by atoms with van der Waals surface area (Å²) in [5, 5.41) is 9.40. The minimum atomic E-state index is -0.979. The Morgan fingerprint density at radius 1 is 1.00 bits per heavy atom.